The molecule has 73 heavy (non-hydrogen) atoms. The van der Waals surface area contributed by atoms with Crippen molar-refractivity contribution in [1.29, 1.82) is 0 Å². The first-order chi connectivity index (χ1) is 35.8. The Labute approximate surface area is 422 Å². The van der Waals surface area contributed by atoms with E-state index >= 15 is 5.11 Å². The van der Waals surface area contributed by atoms with Crippen LogP contribution < -0.4 is 18.9 Å². The summed E-state index contributed by atoms with van der Waals surface area (Å²) in [5.41, 5.74) is 0.269. The van der Waals surface area contributed by atoms with Crippen molar-refractivity contribution in [2.24, 2.45) is 4.99 Å². The largest absolute Gasteiger partial charge is 0.497 e. The second-order valence-electron chi connectivity index (χ2n) is 18.8. The smallest absolute Gasteiger partial charge is 0.184 e. The molecule has 6 heterocycles. The zero-order chi connectivity index (χ0) is 49.7. The van der Waals surface area contributed by atoms with Gasteiger partial charge in [0.05, 0.1) is 38.9 Å². The minimum absolute atomic E-state index is 0.212. The summed E-state index contributed by atoms with van der Waals surface area (Å²) in [4.78, 5) is 20.7. The lowest BCUT2D eigenvalue weighted by atomic mass is 9.55. The molecule has 0 spiro atoms. The number of hydrogen-bond donors (Lipinski definition) is 1. The molecule has 0 bridgehead atoms. The lowest BCUT2D eigenvalue weighted by molar-refractivity contribution is -0.239. The van der Waals surface area contributed by atoms with Crippen molar-refractivity contribution in [2.45, 2.75) is 60.6 Å². The van der Waals surface area contributed by atoms with Crippen LogP contribution in [0, 0.1) is 0 Å². The molecular weight excluding hydrogens is 925 g/mol. The van der Waals surface area contributed by atoms with Gasteiger partial charge in [0.25, 0.3) is 0 Å². The second-order valence-corrected chi connectivity index (χ2v) is 18.8. The number of fused-ring (bicyclic) bond motifs is 5. The summed E-state index contributed by atoms with van der Waals surface area (Å²) in [6, 6.07) is 47.1. The van der Waals surface area contributed by atoms with Crippen molar-refractivity contribution in [3.8, 4) is 34.5 Å². The minimum Gasteiger partial charge on any atom is -0.497 e. The highest BCUT2D eigenvalue weighted by molar-refractivity contribution is 5.83. The van der Waals surface area contributed by atoms with Crippen LogP contribution in [-0.2, 0) is 30.0 Å². The van der Waals surface area contributed by atoms with E-state index in [0.29, 0.717) is 75.6 Å². The molecule has 4 aliphatic heterocycles. The molecule has 2 aromatic heterocycles. The summed E-state index contributed by atoms with van der Waals surface area (Å²) < 4.78 is 56.0. The van der Waals surface area contributed by atoms with Gasteiger partial charge in [-0.2, -0.15) is 0 Å². The Morgan fingerprint density at radius 1 is 0.699 bits per heavy atom. The van der Waals surface area contributed by atoms with Crippen LogP contribution in [-0.4, -0.2) is 101 Å². The summed E-state index contributed by atoms with van der Waals surface area (Å²) in [6.07, 6.45) is 2.77. The molecule has 0 radical (unpaired) electrons. The van der Waals surface area contributed by atoms with Gasteiger partial charge in [-0.3, -0.25) is 4.57 Å². The third-order valence-corrected chi connectivity index (χ3v) is 14.6. The summed E-state index contributed by atoms with van der Waals surface area (Å²) in [7, 11) is 7.04. The van der Waals surface area contributed by atoms with Crippen molar-refractivity contribution in [3.63, 3.8) is 0 Å². The van der Waals surface area contributed by atoms with Crippen LogP contribution >= 0.6 is 0 Å². The van der Waals surface area contributed by atoms with E-state index in [4.69, 9.17) is 47.9 Å². The van der Waals surface area contributed by atoms with Crippen LogP contribution in [0.4, 0.5) is 5.82 Å². The number of aliphatic hydroxyl groups is 1. The quantitative estimate of drug-likeness (QED) is 0.0862. The first-order valence-corrected chi connectivity index (χ1v) is 24.5. The molecule has 8 aromatic rings. The summed E-state index contributed by atoms with van der Waals surface area (Å²) in [6.45, 7) is 0.271. The van der Waals surface area contributed by atoms with E-state index < -0.39 is 41.3 Å². The number of benzene rings is 6. The molecule has 2 saturated heterocycles. The number of hydrogen-bond acceptors (Lipinski definition) is 13. The summed E-state index contributed by atoms with van der Waals surface area (Å²) in [5.74, 6) is 4.01. The van der Waals surface area contributed by atoms with E-state index in [1.54, 1.807) is 31.5 Å². The lowest BCUT2D eigenvalue weighted by Crippen LogP contribution is -2.66. The normalized spacial score (nSPS) is 22.3. The molecular formula is C58H54N6O9. The molecule has 1 N–H and O–H groups in total. The Morgan fingerprint density at radius 2 is 1.26 bits per heavy atom. The molecule has 15 nitrogen and oxygen atoms in total. The van der Waals surface area contributed by atoms with E-state index in [1.807, 2.05) is 165 Å². The maximum atomic E-state index is 15.5. The Bertz CT molecular complexity index is 3230. The summed E-state index contributed by atoms with van der Waals surface area (Å²) in [5, 5.41) is 15.5. The zero-order valence-corrected chi connectivity index (χ0v) is 40.8. The molecule has 0 saturated carbocycles. The summed E-state index contributed by atoms with van der Waals surface area (Å²) >= 11 is 0. The van der Waals surface area contributed by atoms with Gasteiger partial charge in [-0.1, -0.05) is 97.1 Å². The second kappa shape index (κ2) is 18.7. The van der Waals surface area contributed by atoms with Gasteiger partial charge in [0, 0.05) is 43.0 Å². The van der Waals surface area contributed by atoms with Crippen molar-refractivity contribution in [2.75, 3.05) is 41.5 Å². The first-order valence-electron chi connectivity index (χ1n) is 24.5. The van der Waals surface area contributed by atoms with Crippen LogP contribution in [0.1, 0.15) is 58.9 Å². The topological polar surface area (TPSA) is 153 Å². The van der Waals surface area contributed by atoms with Gasteiger partial charge in [-0.05, 0) is 78.9 Å². The average Bonchev–Trinajstić information content (AvgIpc) is 4.01. The number of ether oxygens (including phenoxy) is 8. The molecule has 1 unspecified atom stereocenters. The van der Waals surface area contributed by atoms with Gasteiger partial charge < -0.3 is 47.9 Å². The SMILES string of the molecule is COc1ccc(C2(OC[C@H]3O[C@@H](n4cnc5c(N=CN(C)C)ncnc54)[C@H](OC4CCCCO4)[C@@]3(O)C3(c4ccc(OC)cc4)c4ccccc4Oc4ccccc43)c3ccccc3Oc3ccccc32)cc1. The standard InChI is InChI=1S/C58H54N6O9/c1-63(2)35-62-53-51-54(60-34-59-53)64(36-61-51)55-52(73-50-23-13-14-32-68-50)58(65,56(37-24-28-39(66-3)29-25-37)41-15-5-9-19-45(41)70-46-20-10-6-16-42(46)56)49(72-55)33-69-57(38-26-30-40(67-4)31-27-38)43-17-7-11-21-47(43)71-48-22-12-8-18-44(48)57/h5-12,15-22,24-31,34-36,49-50,52,55,65H,13-14,23,32-33H2,1-4H3/t49-,50?,52+,55-,58-/m1/s1. The van der Waals surface area contributed by atoms with Crippen LogP contribution in [0.5, 0.6) is 34.5 Å². The van der Waals surface area contributed by atoms with Gasteiger partial charge in [0.1, 0.15) is 58.6 Å². The Kier molecular flexibility index (Phi) is 11.9. The van der Waals surface area contributed by atoms with Gasteiger partial charge in [-0.15, -0.1) is 0 Å². The zero-order valence-electron chi connectivity index (χ0n) is 40.8. The molecule has 370 valence electrons. The molecule has 0 aliphatic carbocycles. The fraction of sp³-hybridized carbons (Fsp3) is 0.276. The molecule has 15 heteroatoms. The van der Waals surface area contributed by atoms with Crippen LogP contribution in [0.15, 0.2) is 163 Å². The van der Waals surface area contributed by atoms with Crippen LogP contribution in [0.3, 0.4) is 0 Å². The number of rotatable bonds is 13. The maximum Gasteiger partial charge on any atom is 0.184 e. The fourth-order valence-corrected chi connectivity index (χ4v) is 11.4. The highest BCUT2D eigenvalue weighted by atomic mass is 16.7. The highest BCUT2D eigenvalue weighted by Gasteiger charge is 2.72. The van der Waals surface area contributed by atoms with Gasteiger partial charge in [-0.25, -0.2) is 19.9 Å². The van der Waals surface area contributed by atoms with E-state index in [0.717, 1.165) is 35.1 Å². The lowest BCUT2D eigenvalue weighted by Gasteiger charge is -2.53. The number of nitrogens with zero attached hydrogens (tertiary/aromatic N) is 6. The van der Waals surface area contributed by atoms with Gasteiger partial charge in [0.2, 0.25) is 0 Å². The van der Waals surface area contributed by atoms with E-state index in [1.165, 1.54) is 6.33 Å². The number of methoxy groups -OCH3 is 2. The molecule has 6 aromatic carbocycles. The Hall–Kier alpha value is -7.66. The van der Waals surface area contributed by atoms with Crippen molar-refractivity contribution in [3.05, 3.63) is 192 Å². The third-order valence-electron chi connectivity index (χ3n) is 14.6. The average molecular weight is 979 g/mol. The van der Waals surface area contributed by atoms with Gasteiger partial charge >= 0.3 is 0 Å². The first kappa shape index (κ1) is 46.4. The van der Waals surface area contributed by atoms with E-state index in [-0.39, 0.29) is 6.61 Å². The fourth-order valence-electron chi connectivity index (χ4n) is 11.4. The predicted octanol–water partition coefficient (Wildman–Crippen LogP) is 9.86. The van der Waals surface area contributed by atoms with Crippen LogP contribution in [0.25, 0.3) is 11.2 Å². The Balaban J connectivity index is 1.14. The number of para-hydroxylation sites is 4. The predicted molar refractivity (Wildman–Crippen MR) is 272 cm³/mol. The van der Waals surface area contributed by atoms with Gasteiger partial charge in [0.15, 0.2) is 35.1 Å². The molecule has 0 amide bonds. The monoisotopic (exact) mass is 978 g/mol. The number of aromatic nitrogens is 4. The van der Waals surface area contributed by atoms with E-state index in [2.05, 4.69) is 9.98 Å². The minimum atomic E-state index is -2.12. The van der Waals surface area contributed by atoms with E-state index in [9.17, 15) is 0 Å². The molecule has 2 fully saturated rings. The number of imidazole rings is 1. The van der Waals surface area contributed by atoms with Crippen molar-refractivity contribution < 1.29 is 43.0 Å². The molecule has 4 aliphatic rings. The van der Waals surface area contributed by atoms with Crippen molar-refractivity contribution in [1.82, 2.24) is 24.4 Å². The third kappa shape index (κ3) is 7.44. The molecule has 12 rings (SSSR count). The highest BCUT2D eigenvalue weighted by Crippen LogP contribution is 2.63. The number of aliphatic imine (C=N–C) groups is 1. The van der Waals surface area contributed by atoms with Crippen LogP contribution in [0.2, 0.25) is 0 Å². The molecule has 5 atom stereocenters. The van der Waals surface area contributed by atoms with Crippen molar-refractivity contribution >= 4 is 23.3 Å². The Morgan fingerprint density at radius 3 is 1.82 bits per heavy atom. The maximum absolute atomic E-state index is 15.5.